The summed E-state index contributed by atoms with van der Waals surface area (Å²) in [5.74, 6) is -2.76. The lowest BCUT2D eigenvalue weighted by Crippen LogP contribution is -2.54. The van der Waals surface area contributed by atoms with Crippen LogP contribution < -0.4 is 27.6 Å². The van der Waals surface area contributed by atoms with Gasteiger partial charge in [-0.3, -0.25) is 28.7 Å². The second-order valence-corrected chi connectivity index (χ2v) is 11.9. The van der Waals surface area contributed by atoms with Gasteiger partial charge in [-0.25, -0.2) is 4.79 Å². The van der Waals surface area contributed by atoms with Crippen LogP contribution in [0.2, 0.25) is 0 Å². The Morgan fingerprint density at radius 1 is 1.17 bits per heavy atom. The van der Waals surface area contributed by atoms with Crippen molar-refractivity contribution in [3.05, 3.63) is 44.9 Å². The monoisotopic (exact) mass is 667 g/mol. The molecule has 3 aliphatic rings. The highest BCUT2D eigenvalue weighted by Crippen LogP contribution is 2.36. The van der Waals surface area contributed by atoms with Crippen LogP contribution in [0.5, 0.6) is 0 Å². The number of amides is 3. The molecule has 0 aromatic carbocycles. The van der Waals surface area contributed by atoms with E-state index in [2.05, 4.69) is 22.5 Å². The second-order valence-electron chi connectivity index (χ2n) is 11.9. The molecule has 0 radical (unpaired) electrons. The Morgan fingerprint density at radius 3 is 2.62 bits per heavy atom. The quantitative estimate of drug-likeness (QED) is 0.123. The molecule has 7 N–H and O–H groups in total. The smallest absolute Gasteiger partial charge is 0.330 e. The molecule has 0 unspecified atom stereocenters. The molecule has 0 bridgehead atoms. The predicted molar refractivity (Wildman–Crippen MR) is 162 cm³/mol. The first-order valence-corrected chi connectivity index (χ1v) is 15.9. The van der Waals surface area contributed by atoms with Crippen molar-refractivity contribution in [2.45, 2.75) is 120 Å². The number of aliphatic hydroxyl groups is 2. The Hall–Kier alpha value is -3.61. The zero-order valence-electron chi connectivity index (χ0n) is 26.7. The molecule has 1 aromatic heterocycles. The molecule has 47 heavy (non-hydrogen) atoms. The summed E-state index contributed by atoms with van der Waals surface area (Å²) >= 11 is 0. The van der Waals surface area contributed by atoms with Crippen molar-refractivity contribution in [3.63, 3.8) is 0 Å². The summed E-state index contributed by atoms with van der Waals surface area (Å²) in [6, 6.07) is 0.198. The number of hydrogen-bond acceptors (Lipinski definition) is 12. The van der Waals surface area contributed by atoms with E-state index in [0.717, 1.165) is 42.4 Å². The number of nitrogens with zero attached hydrogens (tertiary/aromatic N) is 1. The maximum Gasteiger partial charge on any atom is 0.330 e. The fourth-order valence-electron chi connectivity index (χ4n) is 5.83. The van der Waals surface area contributed by atoms with Crippen LogP contribution in [0.4, 0.5) is 0 Å². The van der Waals surface area contributed by atoms with Gasteiger partial charge in [-0.1, -0.05) is 26.2 Å². The SMILES string of the molecule is CCCCCCO[C@@H]1[C@H](OC)[C@@H]([C@@H](O[C@H]2OC(C(=O)N[C@H]3CCC[C@@H](C)NC3=O)=C[C@H](O)[C@@H]2O)C(N)=O)O[C@H]1n1ccc(=O)[nH]c1=O. The van der Waals surface area contributed by atoms with Gasteiger partial charge in [0.2, 0.25) is 18.1 Å². The van der Waals surface area contributed by atoms with Crippen LogP contribution in [0, 0.1) is 0 Å². The van der Waals surface area contributed by atoms with Gasteiger partial charge in [0.1, 0.15) is 36.6 Å². The molecule has 0 aliphatic carbocycles. The Balaban J connectivity index is 1.55. The minimum Gasteiger partial charge on any atom is -0.456 e. The lowest BCUT2D eigenvalue weighted by Gasteiger charge is -2.35. The summed E-state index contributed by atoms with van der Waals surface area (Å²) in [5, 5.41) is 26.7. The van der Waals surface area contributed by atoms with Gasteiger partial charge >= 0.3 is 5.69 Å². The van der Waals surface area contributed by atoms with Crippen molar-refractivity contribution in [2.75, 3.05) is 13.7 Å². The Bertz CT molecular complexity index is 1400. The normalized spacial score (nSPS) is 31.6. The third-order valence-corrected chi connectivity index (χ3v) is 8.35. The van der Waals surface area contributed by atoms with E-state index >= 15 is 0 Å². The maximum absolute atomic E-state index is 13.1. The van der Waals surface area contributed by atoms with E-state index in [1.54, 1.807) is 0 Å². The van der Waals surface area contributed by atoms with E-state index < -0.39 is 84.0 Å². The minimum atomic E-state index is -1.80. The number of nitrogens with one attached hydrogen (secondary N) is 3. The molecule has 3 amide bonds. The van der Waals surface area contributed by atoms with Gasteiger partial charge in [-0.15, -0.1) is 0 Å². The molecule has 17 heteroatoms. The number of nitrogens with two attached hydrogens (primary N) is 1. The van der Waals surface area contributed by atoms with Gasteiger partial charge < -0.3 is 50.3 Å². The zero-order chi connectivity index (χ0) is 34.2. The molecule has 0 saturated carbocycles. The molecule has 3 aliphatic heterocycles. The van der Waals surface area contributed by atoms with Crippen LogP contribution in [-0.2, 0) is 38.1 Å². The second kappa shape index (κ2) is 16.5. The van der Waals surface area contributed by atoms with Crippen molar-refractivity contribution in [1.82, 2.24) is 20.2 Å². The fourth-order valence-corrected chi connectivity index (χ4v) is 5.83. The Labute approximate surface area is 270 Å². The first kappa shape index (κ1) is 36.2. The summed E-state index contributed by atoms with van der Waals surface area (Å²) in [6.45, 7) is 4.18. The van der Waals surface area contributed by atoms with Crippen LogP contribution in [0.3, 0.4) is 0 Å². The lowest BCUT2D eigenvalue weighted by atomic mass is 10.0. The van der Waals surface area contributed by atoms with E-state index in [1.807, 2.05) is 6.92 Å². The number of aliphatic hydroxyl groups excluding tert-OH is 2. The largest absolute Gasteiger partial charge is 0.456 e. The number of carbonyl (C=O) groups is 3. The molecule has 10 atom stereocenters. The first-order chi connectivity index (χ1) is 22.4. The molecule has 0 spiro atoms. The fraction of sp³-hybridized carbons (Fsp3) is 0.700. The van der Waals surface area contributed by atoms with E-state index in [4.69, 9.17) is 29.4 Å². The van der Waals surface area contributed by atoms with Crippen molar-refractivity contribution in [3.8, 4) is 0 Å². The number of H-pyrrole nitrogens is 1. The van der Waals surface area contributed by atoms with Crippen molar-refractivity contribution in [1.29, 1.82) is 0 Å². The topological polar surface area (TPSA) is 243 Å². The highest BCUT2D eigenvalue weighted by Gasteiger charge is 2.53. The number of carbonyl (C=O) groups excluding carboxylic acids is 3. The van der Waals surface area contributed by atoms with Gasteiger partial charge in [0.05, 0.1) is 0 Å². The molecule has 2 fully saturated rings. The maximum atomic E-state index is 13.1. The summed E-state index contributed by atoms with van der Waals surface area (Å²) in [5.41, 5.74) is 4.29. The van der Waals surface area contributed by atoms with E-state index in [-0.39, 0.29) is 18.6 Å². The molecule has 2 saturated heterocycles. The predicted octanol–water partition coefficient (Wildman–Crippen LogP) is -1.58. The van der Waals surface area contributed by atoms with Crippen LogP contribution >= 0.6 is 0 Å². The molecule has 17 nitrogen and oxygen atoms in total. The van der Waals surface area contributed by atoms with Crippen molar-refractivity contribution in [2.24, 2.45) is 5.73 Å². The Kier molecular flexibility index (Phi) is 12.7. The van der Waals surface area contributed by atoms with Crippen molar-refractivity contribution < 1.29 is 48.3 Å². The van der Waals surface area contributed by atoms with Crippen LogP contribution in [-0.4, -0.2) is 106 Å². The van der Waals surface area contributed by atoms with Gasteiger partial charge in [0, 0.05) is 32.0 Å². The third-order valence-electron chi connectivity index (χ3n) is 8.35. The van der Waals surface area contributed by atoms with Crippen molar-refractivity contribution >= 4 is 17.7 Å². The summed E-state index contributed by atoms with van der Waals surface area (Å²) in [7, 11) is 1.33. The summed E-state index contributed by atoms with van der Waals surface area (Å²) in [4.78, 5) is 65.1. The van der Waals surface area contributed by atoms with E-state index in [0.29, 0.717) is 19.3 Å². The number of ether oxygens (including phenoxy) is 5. The zero-order valence-corrected chi connectivity index (χ0v) is 26.7. The number of primary amides is 1. The average Bonchev–Trinajstić information content (AvgIpc) is 3.29. The summed E-state index contributed by atoms with van der Waals surface area (Å²) in [6.07, 6.45) is -4.07. The highest BCUT2D eigenvalue weighted by atomic mass is 16.7. The number of methoxy groups -OCH3 is 1. The van der Waals surface area contributed by atoms with E-state index in [1.165, 1.54) is 13.3 Å². The number of hydrogen-bond donors (Lipinski definition) is 6. The molecule has 262 valence electrons. The van der Waals surface area contributed by atoms with E-state index in [9.17, 15) is 34.2 Å². The van der Waals surface area contributed by atoms with Gasteiger partial charge in [-0.2, -0.15) is 0 Å². The lowest BCUT2D eigenvalue weighted by molar-refractivity contribution is -0.241. The minimum absolute atomic E-state index is 0.0581. The molecule has 4 heterocycles. The molecular weight excluding hydrogens is 622 g/mol. The summed E-state index contributed by atoms with van der Waals surface area (Å²) < 4.78 is 30.4. The van der Waals surface area contributed by atoms with Gasteiger partial charge in [0.25, 0.3) is 11.5 Å². The number of rotatable bonds is 14. The van der Waals surface area contributed by atoms with Crippen LogP contribution in [0.1, 0.15) is 65.0 Å². The van der Waals surface area contributed by atoms with Gasteiger partial charge in [-0.05, 0) is 38.7 Å². The van der Waals surface area contributed by atoms with Crippen LogP contribution in [0.25, 0.3) is 0 Å². The molecule has 4 rings (SSSR count). The average molecular weight is 668 g/mol. The molecular formula is C30H45N5O12. The van der Waals surface area contributed by atoms with Crippen LogP contribution in [0.15, 0.2) is 33.7 Å². The van der Waals surface area contributed by atoms with Gasteiger partial charge in [0.15, 0.2) is 18.1 Å². The third kappa shape index (κ3) is 8.85. The Morgan fingerprint density at radius 2 is 1.94 bits per heavy atom. The standard InChI is InChI=1S/C30H45N5O12/c1-4-5-6-7-13-44-24-21(43-3)22(46-28(24)35-12-11-19(37)34-30(35)42)23(25(31)39)47-29-20(38)17(36)14-18(45-29)27(41)33-16-10-8-9-15(2)32-26(16)40/h11-12,14-17,20-24,28-29,36,38H,4-10,13H2,1-3H3,(H2,31,39)(H,32,40)(H,33,41)(H,34,37,42)/t15-,16+,17+,20+,21-,22+,23-,24-,28-,29-/m1/s1. The number of unbranched alkanes of at least 4 members (excludes halogenated alkanes) is 3. The number of aromatic nitrogens is 2. The number of aromatic amines is 1. The highest BCUT2D eigenvalue weighted by molar-refractivity contribution is 5.95. The molecule has 1 aromatic rings. The first-order valence-electron chi connectivity index (χ1n) is 15.9.